The maximum Gasteiger partial charge on any atom is 0.160 e. The summed E-state index contributed by atoms with van der Waals surface area (Å²) in [6.45, 7) is 7.35. The third kappa shape index (κ3) is 3.00. The largest absolute Gasteiger partial charge is 0.368 e. The van der Waals surface area contributed by atoms with Gasteiger partial charge in [-0.3, -0.25) is 0 Å². The predicted molar refractivity (Wildman–Crippen MR) is 64.1 cm³/mol. The van der Waals surface area contributed by atoms with Gasteiger partial charge in [0, 0.05) is 24.9 Å². The van der Waals surface area contributed by atoms with Crippen molar-refractivity contribution in [2.24, 2.45) is 5.73 Å². The van der Waals surface area contributed by atoms with Gasteiger partial charge in [-0.2, -0.15) is 0 Å². The van der Waals surface area contributed by atoms with Crippen LogP contribution in [0.2, 0.25) is 0 Å². The summed E-state index contributed by atoms with van der Waals surface area (Å²) in [5.74, 6) is 0.753. The van der Waals surface area contributed by atoms with Gasteiger partial charge in [-0.1, -0.05) is 6.92 Å². The van der Waals surface area contributed by atoms with E-state index in [2.05, 4.69) is 16.9 Å². The van der Waals surface area contributed by atoms with E-state index in [1.165, 1.54) is 0 Å². The molecule has 4 nitrogen and oxygen atoms in total. The molecule has 0 bridgehead atoms. The lowest BCUT2D eigenvalue weighted by molar-refractivity contribution is -0.0391. The van der Waals surface area contributed by atoms with Gasteiger partial charge in [0.1, 0.15) is 5.60 Å². The Morgan fingerprint density at radius 1 is 1.44 bits per heavy atom. The second-order valence-corrected chi connectivity index (χ2v) is 3.93. The van der Waals surface area contributed by atoms with Crippen LogP contribution in [-0.2, 0) is 16.8 Å². The van der Waals surface area contributed by atoms with E-state index >= 15 is 0 Å². The molecule has 0 saturated heterocycles. The minimum Gasteiger partial charge on any atom is -0.368 e. The topological polar surface area (TPSA) is 61.0 Å². The second kappa shape index (κ2) is 5.92. The third-order valence-corrected chi connectivity index (χ3v) is 2.72. The smallest absolute Gasteiger partial charge is 0.160 e. The van der Waals surface area contributed by atoms with E-state index in [4.69, 9.17) is 10.5 Å². The first-order chi connectivity index (χ1) is 7.66. The molecule has 1 aromatic heterocycles. The Morgan fingerprint density at radius 3 is 2.75 bits per heavy atom. The van der Waals surface area contributed by atoms with Crippen LogP contribution in [-0.4, -0.2) is 23.1 Å². The number of hydrogen-bond acceptors (Lipinski definition) is 4. The van der Waals surface area contributed by atoms with Gasteiger partial charge < -0.3 is 10.5 Å². The van der Waals surface area contributed by atoms with Crippen molar-refractivity contribution in [1.29, 1.82) is 0 Å². The fourth-order valence-corrected chi connectivity index (χ4v) is 1.58. The molecule has 0 aliphatic carbocycles. The van der Waals surface area contributed by atoms with E-state index in [-0.39, 0.29) is 5.60 Å². The first kappa shape index (κ1) is 13.1. The van der Waals surface area contributed by atoms with Crippen LogP contribution in [0.5, 0.6) is 0 Å². The van der Waals surface area contributed by atoms with Gasteiger partial charge in [0.2, 0.25) is 0 Å². The number of hydrogen-bond donors (Lipinski definition) is 1. The Balaban J connectivity index is 2.96. The minimum absolute atomic E-state index is 0.390. The molecule has 0 saturated carbocycles. The lowest BCUT2D eigenvalue weighted by Crippen LogP contribution is -2.28. The molecule has 0 aliphatic heterocycles. The minimum atomic E-state index is -0.390. The molecule has 4 heteroatoms. The molecular weight excluding hydrogens is 202 g/mol. The summed E-state index contributed by atoms with van der Waals surface area (Å²) < 4.78 is 5.74. The van der Waals surface area contributed by atoms with Crippen molar-refractivity contribution in [2.75, 3.05) is 13.2 Å². The SMILES string of the molecule is CCOC(C)(CC)c1nccc(CCN)n1. The first-order valence-corrected chi connectivity index (χ1v) is 5.82. The third-order valence-electron chi connectivity index (χ3n) is 2.72. The van der Waals surface area contributed by atoms with Crippen LogP contribution in [0.25, 0.3) is 0 Å². The zero-order chi connectivity index (χ0) is 12.0. The molecule has 16 heavy (non-hydrogen) atoms. The van der Waals surface area contributed by atoms with E-state index in [0.717, 1.165) is 24.4 Å². The molecule has 1 aromatic rings. The molecule has 0 aliphatic rings. The fourth-order valence-electron chi connectivity index (χ4n) is 1.58. The fraction of sp³-hybridized carbons (Fsp3) is 0.667. The average molecular weight is 223 g/mol. The van der Waals surface area contributed by atoms with Gasteiger partial charge in [-0.15, -0.1) is 0 Å². The van der Waals surface area contributed by atoms with E-state index in [1.807, 2.05) is 19.9 Å². The number of nitrogens with two attached hydrogens (primary N) is 1. The highest BCUT2D eigenvalue weighted by atomic mass is 16.5. The molecule has 1 heterocycles. The Kier molecular flexibility index (Phi) is 4.83. The quantitative estimate of drug-likeness (QED) is 0.796. The van der Waals surface area contributed by atoms with Crippen LogP contribution >= 0.6 is 0 Å². The van der Waals surface area contributed by atoms with Crippen molar-refractivity contribution < 1.29 is 4.74 Å². The van der Waals surface area contributed by atoms with E-state index < -0.39 is 0 Å². The van der Waals surface area contributed by atoms with Gasteiger partial charge in [0.15, 0.2) is 5.82 Å². The van der Waals surface area contributed by atoms with Crippen LogP contribution in [0.1, 0.15) is 38.7 Å². The average Bonchev–Trinajstić information content (AvgIpc) is 2.30. The number of nitrogens with zero attached hydrogens (tertiary/aromatic N) is 2. The molecular formula is C12H21N3O. The van der Waals surface area contributed by atoms with Crippen LogP contribution in [0.15, 0.2) is 12.3 Å². The van der Waals surface area contributed by atoms with Crippen LogP contribution < -0.4 is 5.73 Å². The number of rotatable bonds is 6. The Hall–Kier alpha value is -1.00. The van der Waals surface area contributed by atoms with Crippen molar-refractivity contribution in [3.8, 4) is 0 Å². The van der Waals surface area contributed by atoms with Crippen molar-refractivity contribution in [2.45, 2.75) is 39.2 Å². The summed E-state index contributed by atoms with van der Waals surface area (Å²) >= 11 is 0. The summed E-state index contributed by atoms with van der Waals surface area (Å²) in [6.07, 6.45) is 3.41. The predicted octanol–water partition coefficient (Wildman–Crippen LogP) is 1.64. The van der Waals surface area contributed by atoms with Crippen molar-refractivity contribution in [3.05, 3.63) is 23.8 Å². The summed E-state index contributed by atoms with van der Waals surface area (Å²) in [5, 5.41) is 0. The highest BCUT2D eigenvalue weighted by Gasteiger charge is 2.28. The molecule has 1 atom stereocenters. The Bertz CT molecular complexity index is 330. The maximum atomic E-state index is 5.74. The van der Waals surface area contributed by atoms with Gasteiger partial charge >= 0.3 is 0 Å². The zero-order valence-electron chi connectivity index (χ0n) is 10.4. The molecule has 0 amide bonds. The van der Waals surface area contributed by atoms with Crippen LogP contribution in [0.3, 0.4) is 0 Å². The number of ether oxygens (including phenoxy) is 1. The summed E-state index contributed by atoms with van der Waals surface area (Å²) in [7, 11) is 0. The normalized spacial score (nSPS) is 14.8. The zero-order valence-corrected chi connectivity index (χ0v) is 10.4. The molecule has 2 N–H and O–H groups in total. The maximum absolute atomic E-state index is 5.74. The standard InChI is InChI=1S/C12H21N3O/c1-4-12(3,16-5-2)11-14-9-7-10(15-11)6-8-13/h7,9H,4-6,8,13H2,1-3H3. The van der Waals surface area contributed by atoms with Crippen molar-refractivity contribution in [3.63, 3.8) is 0 Å². The molecule has 1 rings (SSSR count). The second-order valence-electron chi connectivity index (χ2n) is 3.93. The van der Waals surface area contributed by atoms with Crippen LogP contribution in [0.4, 0.5) is 0 Å². The Morgan fingerprint density at radius 2 is 2.19 bits per heavy atom. The van der Waals surface area contributed by atoms with E-state index in [1.54, 1.807) is 6.20 Å². The highest BCUT2D eigenvalue weighted by Crippen LogP contribution is 2.25. The van der Waals surface area contributed by atoms with Crippen molar-refractivity contribution >= 4 is 0 Å². The van der Waals surface area contributed by atoms with Gasteiger partial charge in [0.25, 0.3) is 0 Å². The van der Waals surface area contributed by atoms with Gasteiger partial charge in [0.05, 0.1) is 0 Å². The summed E-state index contributed by atoms with van der Waals surface area (Å²) in [6, 6.07) is 1.90. The number of aromatic nitrogens is 2. The molecule has 0 spiro atoms. The van der Waals surface area contributed by atoms with Gasteiger partial charge in [-0.25, -0.2) is 9.97 Å². The van der Waals surface area contributed by atoms with E-state index in [9.17, 15) is 0 Å². The monoisotopic (exact) mass is 223 g/mol. The first-order valence-electron chi connectivity index (χ1n) is 5.82. The summed E-state index contributed by atoms with van der Waals surface area (Å²) in [5.41, 5.74) is 6.11. The molecule has 0 fully saturated rings. The lowest BCUT2D eigenvalue weighted by atomic mass is 10.0. The molecule has 90 valence electrons. The van der Waals surface area contributed by atoms with Crippen molar-refractivity contribution in [1.82, 2.24) is 9.97 Å². The van der Waals surface area contributed by atoms with E-state index in [0.29, 0.717) is 13.2 Å². The molecule has 1 unspecified atom stereocenters. The highest BCUT2D eigenvalue weighted by molar-refractivity contribution is 5.08. The van der Waals surface area contributed by atoms with Gasteiger partial charge in [-0.05, 0) is 32.9 Å². The van der Waals surface area contributed by atoms with Crippen LogP contribution in [0, 0.1) is 0 Å². The lowest BCUT2D eigenvalue weighted by Gasteiger charge is -2.26. The summed E-state index contributed by atoms with van der Waals surface area (Å²) in [4.78, 5) is 8.81. The Labute approximate surface area is 97.2 Å². The molecule has 0 aromatic carbocycles. The molecule has 0 radical (unpaired) electrons.